The number of benzene rings is 1. The highest BCUT2D eigenvalue weighted by Gasteiger charge is 2.17. The highest BCUT2D eigenvalue weighted by Crippen LogP contribution is 2.13. The predicted octanol–water partition coefficient (Wildman–Crippen LogP) is 1.76. The molecule has 1 aliphatic rings. The Bertz CT molecular complexity index is 472. The number of nitrogens with one attached hydrogen (secondary N) is 2. The van der Waals surface area contributed by atoms with Crippen molar-refractivity contribution in [3.05, 3.63) is 29.6 Å². The van der Waals surface area contributed by atoms with E-state index >= 15 is 0 Å². The predicted molar refractivity (Wildman–Crippen MR) is 78.3 cm³/mol. The first-order chi connectivity index (χ1) is 9.54. The first kappa shape index (κ1) is 14.9. The first-order valence-electron chi connectivity index (χ1n) is 7.02. The normalized spacial score (nSPS) is 18.5. The van der Waals surface area contributed by atoms with Crippen molar-refractivity contribution in [1.82, 2.24) is 10.2 Å². The summed E-state index contributed by atoms with van der Waals surface area (Å²) >= 11 is 0. The number of halogens is 1. The van der Waals surface area contributed by atoms with Gasteiger partial charge in [0.2, 0.25) is 5.91 Å². The monoisotopic (exact) mass is 279 g/mol. The summed E-state index contributed by atoms with van der Waals surface area (Å²) in [5.74, 6) is -0.417. The zero-order valence-corrected chi connectivity index (χ0v) is 12.1. The van der Waals surface area contributed by atoms with E-state index in [4.69, 9.17) is 0 Å². The quantitative estimate of drug-likeness (QED) is 0.863. The van der Waals surface area contributed by atoms with Crippen LogP contribution in [0.5, 0.6) is 0 Å². The molecule has 0 radical (unpaired) electrons. The largest absolute Gasteiger partial charge is 0.325 e. The van der Waals surface area contributed by atoms with Crippen molar-refractivity contribution >= 4 is 11.6 Å². The summed E-state index contributed by atoms with van der Waals surface area (Å²) in [7, 11) is 1.93. The van der Waals surface area contributed by atoms with Crippen LogP contribution in [0.2, 0.25) is 0 Å². The standard InChI is InChI=1S/C15H22FN3O/c1-11-5-6-12(8-14(11)16)18-15(20)10-19(2)9-13-4-3-7-17-13/h5-6,8,13,17H,3-4,7,9-10H2,1-2H3,(H,18,20). The van der Waals surface area contributed by atoms with Gasteiger partial charge in [-0.15, -0.1) is 0 Å². The molecule has 1 saturated heterocycles. The van der Waals surface area contributed by atoms with Gasteiger partial charge in [0.1, 0.15) is 5.82 Å². The maximum absolute atomic E-state index is 13.4. The van der Waals surface area contributed by atoms with Crippen LogP contribution in [-0.4, -0.2) is 43.5 Å². The molecular formula is C15H22FN3O. The number of aryl methyl sites for hydroxylation is 1. The Kier molecular flexibility index (Phi) is 5.09. The van der Waals surface area contributed by atoms with E-state index in [2.05, 4.69) is 10.6 Å². The fourth-order valence-corrected chi connectivity index (χ4v) is 2.47. The third-order valence-electron chi connectivity index (χ3n) is 3.56. The topological polar surface area (TPSA) is 44.4 Å². The van der Waals surface area contributed by atoms with Gasteiger partial charge in [0.05, 0.1) is 6.54 Å². The van der Waals surface area contributed by atoms with Crippen LogP contribution < -0.4 is 10.6 Å². The molecule has 1 aromatic carbocycles. The third kappa shape index (κ3) is 4.28. The van der Waals surface area contributed by atoms with E-state index in [1.165, 1.54) is 12.5 Å². The number of rotatable bonds is 5. The summed E-state index contributed by atoms with van der Waals surface area (Å²) in [6.07, 6.45) is 2.36. The molecule has 0 bridgehead atoms. The van der Waals surface area contributed by atoms with Crippen LogP contribution in [0, 0.1) is 12.7 Å². The number of carbonyl (C=O) groups excluding carboxylic acids is 1. The minimum absolute atomic E-state index is 0.117. The van der Waals surface area contributed by atoms with Crippen LogP contribution in [0.25, 0.3) is 0 Å². The Hall–Kier alpha value is -1.46. The average molecular weight is 279 g/mol. The van der Waals surface area contributed by atoms with Crippen molar-refractivity contribution in [1.29, 1.82) is 0 Å². The van der Waals surface area contributed by atoms with Gasteiger partial charge in [-0.05, 0) is 51.1 Å². The van der Waals surface area contributed by atoms with Crippen molar-refractivity contribution in [2.75, 3.05) is 32.0 Å². The van der Waals surface area contributed by atoms with Crippen LogP contribution in [0.4, 0.5) is 10.1 Å². The van der Waals surface area contributed by atoms with Gasteiger partial charge in [0.15, 0.2) is 0 Å². The molecule has 0 saturated carbocycles. The van der Waals surface area contributed by atoms with Gasteiger partial charge in [0, 0.05) is 18.3 Å². The van der Waals surface area contributed by atoms with Crippen LogP contribution in [0.3, 0.4) is 0 Å². The molecule has 1 aliphatic heterocycles. The van der Waals surface area contributed by atoms with Gasteiger partial charge in [-0.1, -0.05) is 6.07 Å². The van der Waals surface area contributed by atoms with Crippen molar-refractivity contribution in [2.45, 2.75) is 25.8 Å². The molecule has 2 rings (SSSR count). The number of anilines is 1. The lowest BCUT2D eigenvalue weighted by molar-refractivity contribution is -0.117. The number of hydrogen-bond acceptors (Lipinski definition) is 3. The Morgan fingerprint density at radius 3 is 3.00 bits per heavy atom. The molecule has 2 N–H and O–H groups in total. The lowest BCUT2D eigenvalue weighted by Gasteiger charge is -2.20. The molecule has 1 fully saturated rings. The average Bonchev–Trinajstić information content (AvgIpc) is 2.86. The molecule has 1 heterocycles. The summed E-state index contributed by atoms with van der Waals surface area (Å²) in [4.78, 5) is 13.9. The second-order valence-electron chi connectivity index (χ2n) is 5.50. The molecule has 1 amide bonds. The van der Waals surface area contributed by atoms with Gasteiger partial charge in [-0.3, -0.25) is 9.69 Å². The van der Waals surface area contributed by atoms with E-state index in [0.29, 0.717) is 23.8 Å². The summed E-state index contributed by atoms with van der Waals surface area (Å²) < 4.78 is 13.4. The molecule has 4 nitrogen and oxygen atoms in total. The van der Waals surface area contributed by atoms with E-state index in [1.54, 1.807) is 19.1 Å². The van der Waals surface area contributed by atoms with E-state index in [-0.39, 0.29) is 11.7 Å². The SMILES string of the molecule is Cc1ccc(NC(=O)CN(C)CC2CCCN2)cc1F. The molecule has 20 heavy (non-hydrogen) atoms. The molecule has 5 heteroatoms. The summed E-state index contributed by atoms with van der Waals surface area (Å²) in [5, 5.41) is 6.13. The molecule has 0 aromatic heterocycles. The maximum Gasteiger partial charge on any atom is 0.238 e. The van der Waals surface area contributed by atoms with E-state index < -0.39 is 0 Å². The molecule has 1 atom stereocenters. The minimum atomic E-state index is -0.300. The van der Waals surface area contributed by atoms with Crippen LogP contribution >= 0.6 is 0 Å². The molecule has 0 aliphatic carbocycles. The van der Waals surface area contributed by atoms with Crippen LogP contribution in [0.15, 0.2) is 18.2 Å². The molecule has 1 aromatic rings. The summed E-state index contributed by atoms with van der Waals surface area (Å²) in [6.45, 7) is 3.93. The third-order valence-corrected chi connectivity index (χ3v) is 3.56. The second kappa shape index (κ2) is 6.81. The van der Waals surface area contributed by atoms with Gasteiger partial charge in [-0.25, -0.2) is 4.39 Å². The Balaban J connectivity index is 1.80. The van der Waals surface area contributed by atoms with Crippen LogP contribution in [-0.2, 0) is 4.79 Å². The number of amides is 1. The minimum Gasteiger partial charge on any atom is -0.325 e. The zero-order chi connectivity index (χ0) is 14.5. The second-order valence-corrected chi connectivity index (χ2v) is 5.50. The molecule has 1 unspecified atom stereocenters. The lowest BCUT2D eigenvalue weighted by atomic mass is 10.2. The first-order valence-corrected chi connectivity index (χ1v) is 7.02. The fourth-order valence-electron chi connectivity index (χ4n) is 2.47. The maximum atomic E-state index is 13.4. The van der Waals surface area contributed by atoms with Gasteiger partial charge >= 0.3 is 0 Å². The van der Waals surface area contributed by atoms with Crippen LogP contribution in [0.1, 0.15) is 18.4 Å². The molecule has 110 valence electrons. The van der Waals surface area contributed by atoms with E-state index in [0.717, 1.165) is 19.5 Å². The number of carbonyl (C=O) groups is 1. The number of hydrogen-bond donors (Lipinski definition) is 2. The fraction of sp³-hybridized carbons (Fsp3) is 0.533. The van der Waals surface area contributed by atoms with E-state index in [9.17, 15) is 9.18 Å². The summed E-state index contributed by atoms with van der Waals surface area (Å²) in [5.41, 5.74) is 1.08. The highest BCUT2D eigenvalue weighted by molar-refractivity contribution is 5.92. The Morgan fingerprint density at radius 1 is 1.55 bits per heavy atom. The Morgan fingerprint density at radius 2 is 2.35 bits per heavy atom. The molecular weight excluding hydrogens is 257 g/mol. The van der Waals surface area contributed by atoms with Crippen molar-refractivity contribution in [3.8, 4) is 0 Å². The van der Waals surface area contributed by atoms with Crippen molar-refractivity contribution in [3.63, 3.8) is 0 Å². The zero-order valence-electron chi connectivity index (χ0n) is 12.1. The smallest absolute Gasteiger partial charge is 0.238 e. The van der Waals surface area contributed by atoms with Crippen molar-refractivity contribution in [2.24, 2.45) is 0 Å². The van der Waals surface area contributed by atoms with E-state index in [1.807, 2.05) is 11.9 Å². The summed E-state index contributed by atoms with van der Waals surface area (Å²) in [6, 6.07) is 5.21. The highest BCUT2D eigenvalue weighted by atomic mass is 19.1. The van der Waals surface area contributed by atoms with Gasteiger partial charge in [-0.2, -0.15) is 0 Å². The number of nitrogens with zero attached hydrogens (tertiary/aromatic N) is 1. The van der Waals surface area contributed by atoms with Gasteiger partial charge < -0.3 is 10.6 Å². The van der Waals surface area contributed by atoms with Crippen molar-refractivity contribution < 1.29 is 9.18 Å². The molecule has 0 spiro atoms. The van der Waals surface area contributed by atoms with Gasteiger partial charge in [0.25, 0.3) is 0 Å². The Labute approximate surface area is 119 Å². The lowest BCUT2D eigenvalue weighted by Crippen LogP contribution is -2.39. The number of likely N-dealkylation sites (N-methyl/N-ethyl adjacent to an activating group) is 1.